The number of hydrogen-bond acceptors (Lipinski definition) is 3. The summed E-state index contributed by atoms with van der Waals surface area (Å²) in [5.74, 6) is 1.39. The van der Waals surface area contributed by atoms with Gasteiger partial charge in [-0.2, -0.15) is 0 Å². The van der Waals surface area contributed by atoms with Crippen LogP contribution in [0.4, 0.5) is 0 Å². The zero-order valence-corrected chi connectivity index (χ0v) is 13.0. The highest BCUT2D eigenvalue weighted by molar-refractivity contribution is 5.57. The van der Waals surface area contributed by atoms with E-state index < -0.39 is 0 Å². The lowest BCUT2D eigenvalue weighted by Crippen LogP contribution is -2.52. The lowest BCUT2D eigenvalue weighted by molar-refractivity contribution is 0.161. The molecule has 3 heteroatoms. The quantitative estimate of drug-likeness (QED) is 0.839. The van der Waals surface area contributed by atoms with Gasteiger partial charge in [0.25, 0.3) is 0 Å². The second-order valence-electron chi connectivity index (χ2n) is 6.35. The molecular weight excluding hydrogens is 262 g/mol. The average Bonchev–Trinajstić information content (AvgIpc) is 2.53. The molecule has 1 saturated carbocycles. The van der Waals surface area contributed by atoms with Gasteiger partial charge in [0.15, 0.2) is 11.5 Å². The molecule has 0 spiro atoms. The van der Waals surface area contributed by atoms with E-state index in [1.54, 1.807) is 7.11 Å². The Hall–Kier alpha value is -1.48. The zero-order valence-electron chi connectivity index (χ0n) is 13.0. The molecule has 0 amide bonds. The number of benzene rings is 1. The van der Waals surface area contributed by atoms with E-state index in [4.69, 9.17) is 4.74 Å². The molecule has 2 aliphatic rings. The van der Waals surface area contributed by atoms with Crippen LogP contribution in [0.5, 0.6) is 11.5 Å². The van der Waals surface area contributed by atoms with E-state index >= 15 is 0 Å². The van der Waals surface area contributed by atoms with E-state index in [9.17, 15) is 5.11 Å². The number of phenolic OH excluding ortho intramolecular Hbond substituents is 1. The minimum atomic E-state index is -0.127. The lowest BCUT2D eigenvalue weighted by Gasteiger charge is -2.50. The summed E-state index contributed by atoms with van der Waals surface area (Å²) in [5, 5.41) is 14.2. The van der Waals surface area contributed by atoms with E-state index in [2.05, 4.69) is 24.0 Å². The Balaban J connectivity index is 2.23. The fraction of sp³-hybridized carbons (Fsp3) is 0.556. The molecule has 0 heterocycles. The predicted molar refractivity (Wildman–Crippen MR) is 85.0 cm³/mol. The third-order valence-corrected chi connectivity index (χ3v) is 5.59. The number of rotatable bonds is 3. The molecule has 21 heavy (non-hydrogen) atoms. The third kappa shape index (κ3) is 1.98. The summed E-state index contributed by atoms with van der Waals surface area (Å²) >= 11 is 0. The van der Waals surface area contributed by atoms with Crippen molar-refractivity contribution in [1.29, 1.82) is 0 Å². The van der Waals surface area contributed by atoms with Crippen molar-refractivity contribution in [1.82, 2.24) is 5.32 Å². The van der Waals surface area contributed by atoms with Crippen LogP contribution in [0.2, 0.25) is 0 Å². The van der Waals surface area contributed by atoms with Crippen molar-refractivity contribution in [2.45, 2.75) is 43.6 Å². The van der Waals surface area contributed by atoms with Gasteiger partial charge in [-0.3, -0.25) is 0 Å². The van der Waals surface area contributed by atoms with Crippen LogP contribution in [0.1, 0.15) is 36.8 Å². The van der Waals surface area contributed by atoms with E-state index in [1.807, 2.05) is 13.1 Å². The third-order valence-electron chi connectivity index (χ3n) is 5.59. The highest BCUT2D eigenvalue weighted by Crippen LogP contribution is 2.55. The summed E-state index contributed by atoms with van der Waals surface area (Å²) in [5.41, 5.74) is 2.16. The Bertz CT molecular complexity index is 554. The summed E-state index contributed by atoms with van der Waals surface area (Å²) < 4.78 is 5.33. The predicted octanol–water partition coefficient (Wildman–Crippen LogP) is 3.16. The first kappa shape index (κ1) is 14.5. The first-order chi connectivity index (χ1) is 10.2. The number of aromatic hydroxyl groups is 1. The first-order valence-corrected chi connectivity index (χ1v) is 7.88. The second-order valence-corrected chi connectivity index (χ2v) is 6.35. The van der Waals surface area contributed by atoms with E-state index in [-0.39, 0.29) is 5.41 Å². The molecule has 2 N–H and O–H groups in total. The number of fused-ring (bicyclic) bond motifs is 3. The maximum absolute atomic E-state index is 10.7. The fourth-order valence-corrected chi connectivity index (χ4v) is 4.60. The van der Waals surface area contributed by atoms with Gasteiger partial charge in [0.2, 0.25) is 0 Å². The number of ether oxygens (including phenoxy) is 1. The van der Waals surface area contributed by atoms with Crippen molar-refractivity contribution in [3.05, 3.63) is 35.9 Å². The van der Waals surface area contributed by atoms with Gasteiger partial charge in [0.05, 0.1) is 7.11 Å². The zero-order chi connectivity index (χ0) is 15.0. The molecule has 114 valence electrons. The Morgan fingerprint density at radius 2 is 2.24 bits per heavy atom. The molecule has 0 saturated heterocycles. The van der Waals surface area contributed by atoms with Crippen molar-refractivity contribution in [2.24, 2.45) is 5.92 Å². The summed E-state index contributed by atoms with van der Waals surface area (Å²) in [6, 6.07) is 4.43. The Kier molecular flexibility index (Phi) is 3.70. The number of nitrogens with one attached hydrogen (secondary N) is 1. The summed E-state index contributed by atoms with van der Waals surface area (Å²) in [4.78, 5) is 0. The summed E-state index contributed by atoms with van der Waals surface area (Å²) in [6.07, 6.45) is 7.75. The van der Waals surface area contributed by atoms with Crippen LogP contribution in [-0.2, 0) is 11.8 Å². The average molecular weight is 287 g/mol. The van der Waals surface area contributed by atoms with Crippen molar-refractivity contribution in [3.63, 3.8) is 0 Å². The van der Waals surface area contributed by atoms with Crippen LogP contribution >= 0.6 is 0 Å². The maximum atomic E-state index is 10.7. The van der Waals surface area contributed by atoms with Crippen LogP contribution in [0.25, 0.3) is 0 Å². The molecule has 0 radical (unpaired) electrons. The van der Waals surface area contributed by atoms with Crippen LogP contribution in [-0.4, -0.2) is 25.3 Å². The number of hydrogen-bond donors (Lipinski definition) is 2. The highest BCUT2D eigenvalue weighted by atomic mass is 16.5. The molecular formula is C18H25NO2. The van der Waals surface area contributed by atoms with Crippen molar-refractivity contribution >= 4 is 0 Å². The van der Waals surface area contributed by atoms with Gasteiger partial charge < -0.3 is 15.2 Å². The van der Waals surface area contributed by atoms with Gasteiger partial charge in [-0.1, -0.05) is 25.0 Å². The number of phenols is 1. The van der Waals surface area contributed by atoms with Crippen molar-refractivity contribution < 1.29 is 9.84 Å². The van der Waals surface area contributed by atoms with Gasteiger partial charge in [-0.15, -0.1) is 6.58 Å². The molecule has 1 fully saturated rings. The molecule has 3 rings (SSSR count). The second kappa shape index (κ2) is 5.38. The summed E-state index contributed by atoms with van der Waals surface area (Å²) in [7, 11) is 3.65. The molecule has 0 bridgehead atoms. The molecule has 0 unspecified atom stereocenters. The van der Waals surface area contributed by atoms with Gasteiger partial charge in [-0.05, 0) is 43.9 Å². The Morgan fingerprint density at radius 1 is 1.43 bits per heavy atom. The lowest BCUT2D eigenvalue weighted by atomic mass is 9.55. The maximum Gasteiger partial charge on any atom is 0.162 e. The largest absolute Gasteiger partial charge is 0.504 e. The van der Waals surface area contributed by atoms with E-state index in [0.29, 0.717) is 23.5 Å². The number of likely N-dealkylation sites (N-methyl/N-ethyl adjacent to an activating group) is 1. The minimum Gasteiger partial charge on any atom is -0.504 e. The van der Waals surface area contributed by atoms with Crippen LogP contribution in [0.15, 0.2) is 24.8 Å². The molecule has 1 aromatic rings. The molecule has 0 aliphatic heterocycles. The fourth-order valence-electron chi connectivity index (χ4n) is 4.60. The molecule has 2 aliphatic carbocycles. The van der Waals surface area contributed by atoms with Gasteiger partial charge in [-0.25, -0.2) is 0 Å². The van der Waals surface area contributed by atoms with Crippen molar-refractivity contribution in [3.8, 4) is 11.5 Å². The van der Waals surface area contributed by atoms with Crippen LogP contribution in [0, 0.1) is 5.92 Å². The van der Waals surface area contributed by atoms with Gasteiger partial charge in [0.1, 0.15) is 0 Å². The first-order valence-electron chi connectivity index (χ1n) is 7.88. The van der Waals surface area contributed by atoms with Crippen LogP contribution < -0.4 is 10.1 Å². The molecule has 3 atom stereocenters. The molecule has 1 aromatic carbocycles. The standard InChI is InChI=1S/C18H25NO2/c1-4-18-10-6-5-7-13(18)14(19-2)11-12-8-9-15(21-3)17(20)16(12)18/h4,8-9,13-14,19-20H,1,5-7,10-11H2,2-3H3/t13-,14+,18-/m1/s1. The normalized spacial score (nSPS) is 31.1. The SMILES string of the molecule is C=C[C@@]12CCCC[C@@H]1[C@@H](NC)Cc1ccc(OC)c(O)c12. The smallest absolute Gasteiger partial charge is 0.162 e. The minimum absolute atomic E-state index is 0.127. The van der Waals surface area contributed by atoms with E-state index in [0.717, 1.165) is 18.4 Å². The van der Waals surface area contributed by atoms with Gasteiger partial charge >= 0.3 is 0 Å². The van der Waals surface area contributed by atoms with Gasteiger partial charge in [0, 0.05) is 17.0 Å². The molecule has 0 aromatic heterocycles. The topological polar surface area (TPSA) is 41.5 Å². The number of methoxy groups -OCH3 is 1. The van der Waals surface area contributed by atoms with Crippen LogP contribution in [0.3, 0.4) is 0 Å². The summed E-state index contributed by atoms with van der Waals surface area (Å²) in [6.45, 7) is 4.14. The van der Waals surface area contributed by atoms with E-state index in [1.165, 1.54) is 24.8 Å². The Labute approximate surface area is 127 Å². The monoisotopic (exact) mass is 287 g/mol. The molecule has 3 nitrogen and oxygen atoms in total. The Morgan fingerprint density at radius 3 is 2.90 bits per heavy atom. The number of allylic oxidation sites excluding steroid dienone is 1. The van der Waals surface area contributed by atoms with Crippen molar-refractivity contribution in [2.75, 3.05) is 14.2 Å². The highest BCUT2D eigenvalue weighted by Gasteiger charge is 2.49.